The van der Waals surface area contributed by atoms with Crippen molar-refractivity contribution in [3.8, 4) is 0 Å². The van der Waals surface area contributed by atoms with Crippen molar-refractivity contribution in [2.75, 3.05) is 45.2 Å². The summed E-state index contributed by atoms with van der Waals surface area (Å²) < 4.78 is 16.0. The van der Waals surface area contributed by atoms with E-state index in [1.807, 2.05) is 0 Å². The van der Waals surface area contributed by atoms with Crippen molar-refractivity contribution in [3.63, 3.8) is 0 Å². The molecular formula is C12H24O3S2. The van der Waals surface area contributed by atoms with Crippen LogP contribution in [0.25, 0.3) is 0 Å². The number of hydrogen-bond donors (Lipinski definition) is 0. The molecule has 0 N–H and O–H groups in total. The Bertz CT molecular complexity index is 196. The molecule has 0 aromatic heterocycles. The van der Waals surface area contributed by atoms with Crippen molar-refractivity contribution in [3.05, 3.63) is 0 Å². The molecule has 102 valence electrons. The summed E-state index contributed by atoms with van der Waals surface area (Å²) in [6.07, 6.45) is 1.33. The molecule has 1 unspecified atom stereocenters. The number of ether oxygens (including phenoxy) is 3. The Morgan fingerprint density at radius 3 is 2.53 bits per heavy atom. The van der Waals surface area contributed by atoms with Crippen molar-refractivity contribution < 1.29 is 14.2 Å². The fraction of sp³-hybridized carbons (Fsp3) is 1.00. The summed E-state index contributed by atoms with van der Waals surface area (Å²) >= 11 is 4.14. The summed E-state index contributed by atoms with van der Waals surface area (Å²) in [7, 11) is 1.67. The molecule has 0 aliphatic carbocycles. The first kappa shape index (κ1) is 15.6. The predicted octanol–water partition coefficient (Wildman–Crippen LogP) is 2.85. The third-order valence-electron chi connectivity index (χ3n) is 2.93. The van der Waals surface area contributed by atoms with Crippen LogP contribution in [0.5, 0.6) is 0 Å². The smallest absolute Gasteiger partial charge is 0.146 e. The number of rotatable bonds is 8. The van der Waals surface area contributed by atoms with Gasteiger partial charge in [-0.05, 0) is 24.9 Å². The van der Waals surface area contributed by atoms with Gasteiger partial charge >= 0.3 is 0 Å². The van der Waals surface area contributed by atoms with E-state index < -0.39 is 0 Å². The van der Waals surface area contributed by atoms with Gasteiger partial charge in [0.2, 0.25) is 0 Å². The molecule has 1 heterocycles. The summed E-state index contributed by atoms with van der Waals surface area (Å²) in [6.45, 7) is 6.97. The Labute approximate surface area is 113 Å². The van der Waals surface area contributed by atoms with Crippen molar-refractivity contribution >= 4 is 23.5 Å². The Morgan fingerprint density at radius 2 is 1.88 bits per heavy atom. The van der Waals surface area contributed by atoms with Gasteiger partial charge in [0.25, 0.3) is 0 Å². The second-order valence-electron chi connectivity index (χ2n) is 4.36. The minimum Gasteiger partial charge on any atom is -0.382 e. The minimum atomic E-state index is 0.310. The van der Waals surface area contributed by atoms with Gasteiger partial charge in [0, 0.05) is 13.0 Å². The molecule has 1 aliphatic rings. The van der Waals surface area contributed by atoms with Crippen LogP contribution in [0.3, 0.4) is 0 Å². The first-order chi connectivity index (χ1) is 8.19. The van der Waals surface area contributed by atoms with Crippen LogP contribution in [0.4, 0.5) is 0 Å². The van der Waals surface area contributed by atoms with Crippen LogP contribution >= 0.6 is 23.5 Å². The van der Waals surface area contributed by atoms with Crippen LogP contribution in [0.15, 0.2) is 0 Å². The predicted molar refractivity (Wildman–Crippen MR) is 75.7 cm³/mol. The quantitative estimate of drug-likeness (QED) is 0.503. The molecule has 1 fully saturated rings. The van der Waals surface area contributed by atoms with Gasteiger partial charge in [0.05, 0.1) is 23.9 Å². The van der Waals surface area contributed by atoms with Crippen LogP contribution in [0.2, 0.25) is 0 Å². The maximum Gasteiger partial charge on any atom is 0.146 e. The maximum atomic E-state index is 5.56. The Morgan fingerprint density at radius 1 is 1.18 bits per heavy atom. The van der Waals surface area contributed by atoms with Crippen LogP contribution in [0, 0.1) is 5.92 Å². The second-order valence-corrected chi connectivity index (χ2v) is 7.71. The van der Waals surface area contributed by atoms with Crippen LogP contribution in [-0.4, -0.2) is 49.3 Å². The number of methoxy groups -OCH3 is 1. The molecule has 1 saturated heterocycles. The lowest BCUT2D eigenvalue weighted by molar-refractivity contribution is -0.0739. The van der Waals surface area contributed by atoms with Crippen molar-refractivity contribution in [1.29, 1.82) is 0 Å². The van der Waals surface area contributed by atoms with E-state index in [-0.39, 0.29) is 0 Å². The monoisotopic (exact) mass is 280 g/mol. The van der Waals surface area contributed by atoms with E-state index in [0.29, 0.717) is 30.0 Å². The van der Waals surface area contributed by atoms with E-state index in [1.54, 1.807) is 7.11 Å². The highest BCUT2D eigenvalue weighted by Crippen LogP contribution is 2.46. The van der Waals surface area contributed by atoms with Crippen LogP contribution in [-0.2, 0) is 14.2 Å². The van der Waals surface area contributed by atoms with Gasteiger partial charge in [-0.2, -0.15) is 0 Å². The number of thioether (sulfide) groups is 2. The van der Waals surface area contributed by atoms with Gasteiger partial charge in [-0.15, -0.1) is 23.5 Å². The molecule has 17 heavy (non-hydrogen) atoms. The molecule has 0 bridgehead atoms. The largest absolute Gasteiger partial charge is 0.382 e. The third kappa shape index (κ3) is 5.83. The highest BCUT2D eigenvalue weighted by atomic mass is 32.2. The zero-order valence-electron chi connectivity index (χ0n) is 11.1. The summed E-state index contributed by atoms with van der Waals surface area (Å²) in [5.74, 6) is 3.10. The maximum absolute atomic E-state index is 5.56. The molecule has 0 aromatic carbocycles. The van der Waals surface area contributed by atoms with Crippen molar-refractivity contribution in [2.24, 2.45) is 5.92 Å². The summed E-state index contributed by atoms with van der Waals surface area (Å²) in [5.41, 5.74) is 0. The Balaban J connectivity index is 2.09. The molecule has 1 aliphatic heterocycles. The van der Waals surface area contributed by atoms with Crippen molar-refractivity contribution in [2.45, 2.75) is 24.3 Å². The fourth-order valence-electron chi connectivity index (χ4n) is 1.57. The van der Waals surface area contributed by atoms with Gasteiger partial charge in [-0.1, -0.05) is 6.92 Å². The Kier molecular flexibility index (Phi) is 7.95. The van der Waals surface area contributed by atoms with Gasteiger partial charge in [0.1, 0.15) is 6.79 Å². The minimum absolute atomic E-state index is 0.310. The normalized spacial score (nSPS) is 21.4. The molecule has 0 spiro atoms. The van der Waals surface area contributed by atoms with E-state index >= 15 is 0 Å². The van der Waals surface area contributed by atoms with Gasteiger partial charge in [-0.3, -0.25) is 0 Å². The third-order valence-corrected chi connectivity index (χ3v) is 6.57. The topological polar surface area (TPSA) is 27.7 Å². The molecule has 5 heteroatoms. The van der Waals surface area contributed by atoms with E-state index in [9.17, 15) is 0 Å². The lowest BCUT2D eigenvalue weighted by atomic mass is 10.1. The highest BCUT2D eigenvalue weighted by Gasteiger charge is 2.34. The standard InChI is InChI=1S/C12H24O3S2/c1-11(9-15-10-14-6-5-13-3)12(2)16-7-4-8-17-12/h11H,4-10H2,1-3H3. The highest BCUT2D eigenvalue weighted by molar-refractivity contribution is 8.18. The molecule has 1 rings (SSSR count). The lowest BCUT2D eigenvalue weighted by Gasteiger charge is -2.37. The van der Waals surface area contributed by atoms with Gasteiger partial charge in [-0.25, -0.2) is 0 Å². The summed E-state index contributed by atoms with van der Waals surface area (Å²) in [6, 6.07) is 0. The second kappa shape index (κ2) is 8.64. The first-order valence-electron chi connectivity index (χ1n) is 6.11. The van der Waals surface area contributed by atoms with Gasteiger partial charge < -0.3 is 14.2 Å². The number of hydrogen-bond acceptors (Lipinski definition) is 5. The van der Waals surface area contributed by atoms with E-state index in [2.05, 4.69) is 37.4 Å². The molecule has 0 aromatic rings. The summed E-state index contributed by atoms with van der Waals surface area (Å²) in [4.78, 5) is 0. The average molecular weight is 280 g/mol. The van der Waals surface area contributed by atoms with Crippen LogP contribution in [0.1, 0.15) is 20.3 Å². The van der Waals surface area contributed by atoms with Crippen molar-refractivity contribution in [1.82, 2.24) is 0 Å². The molecule has 3 nitrogen and oxygen atoms in total. The first-order valence-corrected chi connectivity index (χ1v) is 8.08. The SMILES string of the molecule is COCCOCOCC(C)C1(C)SCCCS1. The molecule has 0 radical (unpaired) electrons. The lowest BCUT2D eigenvalue weighted by Crippen LogP contribution is -2.32. The van der Waals surface area contributed by atoms with E-state index in [0.717, 1.165) is 6.61 Å². The molecular weight excluding hydrogens is 256 g/mol. The average Bonchev–Trinajstić information content (AvgIpc) is 2.34. The molecule has 0 saturated carbocycles. The Hall–Kier alpha value is 0.580. The van der Waals surface area contributed by atoms with E-state index in [4.69, 9.17) is 14.2 Å². The summed E-state index contributed by atoms with van der Waals surface area (Å²) in [5, 5.41) is 0. The zero-order chi connectivity index (χ0) is 12.6. The fourth-order valence-corrected chi connectivity index (χ4v) is 4.68. The zero-order valence-corrected chi connectivity index (χ0v) is 12.7. The van der Waals surface area contributed by atoms with E-state index in [1.165, 1.54) is 17.9 Å². The molecule has 1 atom stereocenters. The van der Waals surface area contributed by atoms with Crippen LogP contribution < -0.4 is 0 Å². The molecule has 0 amide bonds. The van der Waals surface area contributed by atoms with Gasteiger partial charge in [0.15, 0.2) is 0 Å².